The fourth-order valence-electron chi connectivity index (χ4n) is 4.19. The number of hydrogen-bond acceptors (Lipinski definition) is 5. The van der Waals surface area contributed by atoms with Gasteiger partial charge in [0, 0.05) is 53.4 Å². The van der Waals surface area contributed by atoms with Crippen molar-refractivity contribution in [3.05, 3.63) is 29.8 Å². The number of carbonyl (C=O) groups is 1. The lowest BCUT2D eigenvalue weighted by Gasteiger charge is -2.36. The summed E-state index contributed by atoms with van der Waals surface area (Å²) in [5.74, 6) is 0.801. The van der Waals surface area contributed by atoms with Crippen molar-refractivity contribution in [2.45, 2.75) is 38.3 Å². The molecule has 1 aromatic carbocycles. The van der Waals surface area contributed by atoms with Crippen molar-refractivity contribution in [2.24, 2.45) is 0 Å². The monoisotopic (exact) mass is 418 g/mol. The molecule has 1 aromatic rings. The zero-order valence-corrected chi connectivity index (χ0v) is 18.6. The molecular weight excluding hydrogens is 380 g/mol. The minimum absolute atomic E-state index is 0.0918. The summed E-state index contributed by atoms with van der Waals surface area (Å²) < 4.78 is 5.81. The van der Waals surface area contributed by atoms with Gasteiger partial charge in [0.15, 0.2) is 0 Å². The SMILES string of the molecule is CN(C)C(=O)N1CCN(Cc2ccc(OCC(O)CN3CCCCCC3)cc2)CC1. The van der Waals surface area contributed by atoms with E-state index in [0.717, 1.165) is 51.6 Å². The first-order valence-corrected chi connectivity index (χ1v) is 11.3. The highest BCUT2D eigenvalue weighted by Crippen LogP contribution is 2.16. The van der Waals surface area contributed by atoms with E-state index < -0.39 is 6.10 Å². The molecule has 2 heterocycles. The largest absolute Gasteiger partial charge is 0.491 e. The van der Waals surface area contributed by atoms with E-state index in [4.69, 9.17) is 4.74 Å². The average Bonchev–Trinajstić information content (AvgIpc) is 3.02. The number of β-amino-alcohol motifs (C(OH)–C–C–N with tert-alkyl or cyclic N) is 1. The van der Waals surface area contributed by atoms with Crippen molar-refractivity contribution in [3.8, 4) is 5.75 Å². The minimum atomic E-state index is -0.455. The number of ether oxygens (including phenoxy) is 1. The predicted molar refractivity (Wildman–Crippen MR) is 119 cm³/mol. The summed E-state index contributed by atoms with van der Waals surface area (Å²) in [5, 5.41) is 10.3. The van der Waals surface area contributed by atoms with Crippen LogP contribution in [0.5, 0.6) is 5.75 Å². The molecule has 2 fully saturated rings. The second kappa shape index (κ2) is 11.5. The molecule has 2 amide bonds. The highest BCUT2D eigenvalue weighted by molar-refractivity contribution is 5.73. The van der Waals surface area contributed by atoms with Gasteiger partial charge in [-0.1, -0.05) is 25.0 Å². The van der Waals surface area contributed by atoms with E-state index in [1.165, 1.54) is 31.2 Å². The molecule has 7 heteroatoms. The Labute approximate surface area is 181 Å². The highest BCUT2D eigenvalue weighted by atomic mass is 16.5. The smallest absolute Gasteiger partial charge is 0.319 e. The third kappa shape index (κ3) is 7.15. The first kappa shape index (κ1) is 22.8. The Balaban J connectivity index is 1.37. The van der Waals surface area contributed by atoms with Gasteiger partial charge in [-0.15, -0.1) is 0 Å². The van der Waals surface area contributed by atoms with Crippen molar-refractivity contribution in [1.82, 2.24) is 19.6 Å². The fraction of sp³-hybridized carbons (Fsp3) is 0.696. The van der Waals surface area contributed by atoms with Crippen LogP contribution in [0.25, 0.3) is 0 Å². The lowest BCUT2D eigenvalue weighted by molar-refractivity contribution is 0.0693. The number of piperazine rings is 1. The molecule has 0 radical (unpaired) electrons. The van der Waals surface area contributed by atoms with Crippen LogP contribution in [0, 0.1) is 0 Å². The lowest BCUT2D eigenvalue weighted by atomic mass is 10.2. The van der Waals surface area contributed by atoms with Gasteiger partial charge in [-0.05, 0) is 43.6 Å². The molecule has 2 aliphatic rings. The van der Waals surface area contributed by atoms with E-state index in [2.05, 4.69) is 21.9 Å². The van der Waals surface area contributed by atoms with Gasteiger partial charge in [0.1, 0.15) is 18.5 Å². The van der Waals surface area contributed by atoms with Gasteiger partial charge >= 0.3 is 6.03 Å². The Morgan fingerprint density at radius 2 is 1.60 bits per heavy atom. The Morgan fingerprint density at radius 1 is 0.967 bits per heavy atom. The molecule has 2 aliphatic heterocycles. The summed E-state index contributed by atoms with van der Waals surface area (Å²) in [6.45, 7) is 7.40. The summed E-state index contributed by atoms with van der Waals surface area (Å²) in [7, 11) is 3.60. The standard InChI is InChI=1S/C23H38N4O3/c1-24(2)23(29)27-15-13-26(14-16-27)17-20-7-9-22(10-8-20)30-19-21(28)18-25-11-5-3-4-6-12-25/h7-10,21,28H,3-6,11-19H2,1-2H3. The molecule has 0 spiro atoms. The second-order valence-corrected chi connectivity index (χ2v) is 8.76. The van der Waals surface area contributed by atoms with E-state index >= 15 is 0 Å². The normalized spacial score (nSPS) is 19.9. The predicted octanol–water partition coefficient (Wildman–Crippen LogP) is 2.10. The van der Waals surface area contributed by atoms with E-state index in [1.54, 1.807) is 19.0 Å². The molecule has 1 N–H and O–H groups in total. The van der Waals surface area contributed by atoms with Gasteiger partial charge in [-0.25, -0.2) is 4.79 Å². The maximum absolute atomic E-state index is 12.0. The van der Waals surface area contributed by atoms with E-state index in [0.29, 0.717) is 13.2 Å². The molecule has 3 rings (SSSR count). The van der Waals surface area contributed by atoms with Crippen molar-refractivity contribution in [1.29, 1.82) is 0 Å². The summed E-state index contributed by atoms with van der Waals surface area (Å²) in [4.78, 5) is 20.3. The molecule has 0 aromatic heterocycles. The Bertz CT molecular complexity index is 636. The van der Waals surface area contributed by atoms with Crippen molar-refractivity contribution in [3.63, 3.8) is 0 Å². The number of aliphatic hydroxyl groups is 1. The minimum Gasteiger partial charge on any atom is -0.491 e. The summed E-state index contributed by atoms with van der Waals surface area (Å²) in [6.07, 6.45) is 4.62. The molecule has 1 unspecified atom stereocenters. The van der Waals surface area contributed by atoms with Gasteiger partial charge < -0.3 is 24.5 Å². The van der Waals surface area contributed by atoms with Gasteiger partial charge in [-0.2, -0.15) is 0 Å². The van der Waals surface area contributed by atoms with Crippen LogP contribution in [0.15, 0.2) is 24.3 Å². The van der Waals surface area contributed by atoms with Crippen LogP contribution in [0.4, 0.5) is 4.79 Å². The second-order valence-electron chi connectivity index (χ2n) is 8.76. The molecule has 2 saturated heterocycles. The fourth-order valence-corrected chi connectivity index (χ4v) is 4.19. The molecule has 1 atom stereocenters. The maximum atomic E-state index is 12.0. The van der Waals surface area contributed by atoms with Crippen molar-refractivity contribution in [2.75, 3.05) is 66.5 Å². The molecule has 168 valence electrons. The summed E-state index contributed by atoms with van der Waals surface area (Å²) in [5.41, 5.74) is 1.24. The van der Waals surface area contributed by atoms with E-state index in [1.807, 2.05) is 17.0 Å². The van der Waals surface area contributed by atoms with Crippen LogP contribution < -0.4 is 4.74 Å². The molecule has 30 heavy (non-hydrogen) atoms. The Hall–Kier alpha value is -1.83. The van der Waals surface area contributed by atoms with Crippen LogP contribution in [0.1, 0.15) is 31.2 Å². The van der Waals surface area contributed by atoms with Gasteiger partial charge in [0.25, 0.3) is 0 Å². The van der Waals surface area contributed by atoms with Crippen LogP contribution >= 0.6 is 0 Å². The molecule has 0 aliphatic carbocycles. The third-order valence-electron chi connectivity index (χ3n) is 5.96. The molecule has 0 bridgehead atoms. The summed E-state index contributed by atoms with van der Waals surface area (Å²) >= 11 is 0. The summed E-state index contributed by atoms with van der Waals surface area (Å²) in [6, 6.07) is 8.25. The molecular formula is C23H38N4O3. The van der Waals surface area contributed by atoms with Crippen molar-refractivity contribution >= 4 is 6.03 Å². The maximum Gasteiger partial charge on any atom is 0.319 e. The van der Waals surface area contributed by atoms with Gasteiger partial charge in [0.2, 0.25) is 0 Å². The molecule has 7 nitrogen and oxygen atoms in total. The van der Waals surface area contributed by atoms with Gasteiger partial charge in [-0.3, -0.25) is 4.90 Å². The van der Waals surface area contributed by atoms with Crippen molar-refractivity contribution < 1.29 is 14.6 Å². The first-order chi connectivity index (χ1) is 14.5. The number of rotatable bonds is 7. The van der Waals surface area contributed by atoms with Crippen LogP contribution in [-0.2, 0) is 6.54 Å². The quantitative estimate of drug-likeness (QED) is 0.735. The number of hydrogen-bond donors (Lipinski definition) is 1. The zero-order chi connectivity index (χ0) is 21.3. The van der Waals surface area contributed by atoms with Crippen LogP contribution in [0.2, 0.25) is 0 Å². The van der Waals surface area contributed by atoms with Crippen LogP contribution in [-0.4, -0.2) is 103 Å². The van der Waals surface area contributed by atoms with Crippen LogP contribution in [0.3, 0.4) is 0 Å². The number of benzene rings is 1. The number of likely N-dealkylation sites (tertiary alicyclic amines) is 1. The lowest BCUT2D eigenvalue weighted by Crippen LogP contribution is -2.51. The topological polar surface area (TPSA) is 59.5 Å². The Kier molecular flexibility index (Phi) is 8.78. The highest BCUT2D eigenvalue weighted by Gasteiger charge is 2.22. The Morgan fingerprint density at radius 3 is 2.20 bits per heavy atom. The zero-order valence-electron chi connectivity index (χ0n) is 18.6. The molecule has 0 saturated carbocycles. The van der Waals surface area contributed by atoms with E-state index in [9.17, 15) is 9.90 Å². The number of amides is 2. The first-order valence-electron chi connectivity index (χ1n) is 11.3. The average molecular weight is 419 g/mol. The van der Waals surface area contributed by atoms with E-state index in [-0.39, 0.29) is 6.03 Å². The number of nitrogens with zero attached hydrogens (tertiary/aromatic N) is 4. The number of urea groups is 1. The third-order valence-corrected chi connectivity index (χ3v) is 5.96. The number of carbonyl (C=O) groups excluding carboxylic acids is 1. The van der Waals surface area contributed by atoms with Gasteiger partial charge in [0.05, 0.1) is 0 Å². The number of aliphatic hydroxyl groups excluding tert-OH is 1.